The molecule has 4 nitrogen and oxygen atoms in total. The quantitative estimate of drug-likeness (QED) is 0.468. The zero-order valence-electron chi connectivity index (χ0n) is 11.7. The highest BCUT2D eigenvalue weighted by molar-refractivity contribution is 5.80. The van der Waals surface area contributed by atoms with Crippen LogP contribution in [-0.4, -0.2) is 31.7 Å². The van der Waals surface area contributed by atoms with Crippen molar-refractivity contribution in [3.8, 4) is 5.75 Å². The monoisotopic (exact) mass is 261 g/mol. The first-order valence-corrected chi connectivity index (χ1v) is 7.02. The fourth-order valence-electron chi connectivity index (χ4n) is 1.86. The lowest BCUT2D eigenvalue weighted by atomic mass is 10.3. The van der Waals surface area contributed by atoms with Crippen LogP contribution in [0.1, 0.15) is 20.3 Å². The molecule has 19 heavy (non-hydrogen) atoms. The van der Waals surface area contributed by atoms with E-state index in [0.717, 1.165) is 24.2 Å². The summed E-state index contributed by atoms with van der Waals surface area (Å²) in [6.45, 7) is 6.46. The van der Waals surface area contributed by atoms with Crippen LogP contribution in [0.15, 0.2) is 35.3 Å². The number of guanidine groups is 1. The standard InChI is InChI=1S/C15H23N3O/c1-3-16-15(18-14-11-12(14)2)17-9-10-19-13-7-5-4-6-8-13/h4-8,12,14H,3,9-11H2,1-2H3,(H2,16,17,18). The first kappa shape index (κ1) is 13.7. The molecule has 0 aliphatic heterocycles. The topological polar surface area (TPSA) is 45.7 Å². The Morgan fingerprint density at radius 1 is 1.37 bits per heavy atom. The second-order valence-electron chi connectivity index (χ2n) is 4.89. The van der Waals surface area contributed by atoms with Gasteiger partial charge in [0.15, 0.2) is 5.96 Å². The summed E-state index contributed by atoms with van der Waals surface area (Å²) in [5, 5.41) is 6.68. The number of para-hydroxylation sites is 1. The SMILES string of the molecule is CCNC(=NCCOc1ccccc1)NC1CC1C. The third kappa shape index (κ3) is 4.81. The minimum absolute atomic E-state index is 0.591. The van der Waals surface area contributed by atoms with Gasteiger partial charge in [-0.25, -0.2) is 4.99 Å². The molecule has 1 aromatic carbocycles. The van der Waals surface area contributed by atoms with Gasteiger partial charge in [0.05, 0.1) is 6.54 Å². The van der Waals surface area contributed by atoms with Gasteiger partial charge in [0.2, 0.25) is 0 Å². The Balaban J connectivity index is 1.72. The van der Waals surface area contributed by atoms with Gasteiger partial charge < -0.3 is 15.4 Å². The minimum Gasteiger partial charge on any atom is -0.492 e. The molecule has 0 saturated heterocycles. The molecule has 0 amide bonds. The molecule has 2 unspecified atom stereocenters. The Bertz CT molecular complexity index is 405. The highest BCUT2D eigenvalue weighted by atomic mass is 16.5. The number of aliphatic imine (C=N–C) groups is 1. The summed E-state index contributed by atoms with van der Waals surface area (Å²) in [4.78, 5) is 4.51. The fourth-order valence-corrected chi connectivity index (χ4v) is 1.86. The van der Waals surface area contributed by atoms with Gasteiger partial charge in [0.1, 0.15) is 12.4 Å². The van der Waals surface area contributed by atoms with E-state index in [9.17, 15) is 0 Å². The van der Waals surface area contributed by atoms with Gasteiger partial charge >= 0.3 is 0 Å². The van der Waals surface area contributed by atoms with Gasteiger partial charge in [-0.1, -0.05) is 25.1 Å². The molecular weight excluding hydrogens is 238 g/mol. The molecule has 1 aromatic rings. The second-order valence-corrected chi connectivity index (χ2v) is 4.89. The molecule has 0 spiro atoms. The molecule has 0 radical (unpaired) electrons. The molecule has 1 aliphatic rings. The van der Waals surface area contributed by atoms with Crippen LogP contribution in [0.4, 0.5) is 0 Å². The zero-order valence-corrected chi connectivity index (χ0v) is 11.7. The summed E-state index contributed by atoms with van der Waals surface area (Å²) in [6, 6.07) is 10.4. The van der Waals surface area contributed by atoms with Crippen molar-refractivity contribution < 1.29 is 4.74 Å². The lowest BCUT2D eigenvalue weighted by Gasteiger charge is -2.11. The van der Waals surface area contributed by atoms with E-state index < -0.39 is 0 Å². The van der Waals surface area contributed by atoms with Crippen LogP contribution < -0.4 is 15.4 Å². The summed E-state index contributed by atoms with van der Waals surface area (Å²) in [7, 11) is 0. The van der Waals surface area contributed by atoms with Crippen molar-refractivity contribution in [3.63, 3.8) is 0 Å². The smallest absolute Gasteiger partial charge is 0.191 e. The molecule has 2 N–H and O–H groups in total. The minimum atomic E-state index is 0.591. The van der Waals surface area contributed by atoms with Gasteiger partial charge in [-0.3, -0.25) is 0 Å². The number of ether oxygens (including phenoxy) is 1. The molecule has 2 rings (SSSR count). The van der Waals surface area contributed by atoms with Gasteiger partial charge in [0.25, 0.3) is 0 Å². The van der Waals surface area contributed by atoms with Crippen LogP contribution in [0.5, 0.6) is 5.75 Å². The number of benzene rings is 1. The molecule has 104 valence electrons. The Labute approximate surface area is 115 Å². The van der Waals surface area contributed by atoms with Crippen LogP contribution in [0.2, 0.25) is 0 Å². The average molecular weight is 261 g/mol. The molecule has 1 fully saturated rings. The molecule has 0 heterocycles. The predicted octanol–water partition coefficient (Wildman–Crippen LogP) is 2.03. The van der Waals surface area contributed by atoms with Crippen LogP contribution >= 0.6 is 0 Å². The van der Waals surface area contributed by atoms with Crippen molar-refractivity contribution in [3.05, 3.63) is 30.3 Å². The van der Waals surface area contributed by atoms with Crippen molar-refractivity contribution in [2.45, 2.75) is 26.3 Å². The first-order valence-electron chi connectivity index (χ1n) is 7.02. The van der Waals surface area contributed by atoms with Crippen molar-refractivity contribution in [1.82, 2.24) is 10.6 Å². The molecule has 2 atom stereocenters. The van der Waals surface area contributed by atoms with Crippen LogP contribution in [0.25, 0.3) is 0 Å². The van der Waals surface area contributed by atoms with E-state index in [1.165, 1.54) is 6.42 Å². The molecule has 0 bridgehead atoms. The van der Waals surface area contributed by atoms with E-state index in [1.54, 1.807) is 0 Å². The Morgan fingerprint density at radius 2 is 2.11 bits per heavy atom. The molecule has 1 aliphatic carbocycles. The normalized spacial score (nSPS) is 21.9. The molecule has 0 aromatic heterocycles. The third-order valence-electron chi connectivity index (χ3n) is 3.15. The van der Waals surface area contributed by atoms with E-state index >= 15 is 0 Å². The predicted molar refractivity (Wildman–Crippen MR) is 78.6 cm³/mol. The van der Waals surface area contributed by atoms with E-state index in [2.05, 4.69) is 29.5 Å². The maximum absolute atomic E-state index is 5.61. The van der Waals surface area contributed by atoms with E-state index in [4.69, 9.17) is 4.74 Å². The molecule has 4 heteroatoms. The Hall–Kier alpha value is -1.71. The van der Waals surface area contributed by atoms with Crippen LogP contribution in [-0.2, 0) is 0 Å². The lowest BCUT2D eigenvalue weighted by molar-refractivity contribution is 0.328. The van der Waals surface area contributed by atoms with Gasteiger partial charge in [-0.15, -0.1) is 0 Å². The number of nitrogens with one attached hydrogen (secondary N) is 2. The Morgan fingerprint density at radius 3 is 2.74 bits per heavy atom. The number of hydrogen-bond donors (Lipinski definition) is 2. The highest BCUT2D eigenvalue weighted by Gasteiger charge is 2.33. The van der Waals surface area contributed by atoms with E-state index in [0.29, 0.717) is 19.2 Å². The van der Waals surface area contributed by atoms with Gasteiger partial charge in [0, 0.05) is 12.6 Å². The first-order chi connectivity index (χ1) is 9.29. The van der Waals surface area contributed by atoms with Crippen molar-refractivity contribution in [2.75, 3.05) is 19.7 Å². The molecule has 1 saturated carbocycles. The lowest BCUT2D eigenvalue weighted by Crippen LogP contribution is -2.39. The van der Waals surface area contributed by atoms with Crippen LogP contribution in [0.3, 0.4) is 0 Å². The average Bonchev–Trinajstić information content (AvgIpc) is 3.11. The third-order valence-corrected chi connectivity index (χ3v) is 3.15. The summed E-state index contributed by atoms with van der Waals surface area (Å²) < 4.78 is 5.61. The maximum Gasteiger partial charge on any atom is 0.191 e. The summed E-state index contributed by atoms with van der Waals surface area (Å²) in [5.41, 5.74) is 0. The van der Waals surface area contributed by atoms with Crippen molar-refractivity contribution in [1.29, 1.82) is 0 Å². The van der Waals surface area contributed by atoms with Gasteiger partial charge in [-0.05, 0) is 31.4 Å². The molecular formula is C15H23N3O. The maximum atomic E-state index is 5.61. The number of nitrogens with zero attached hydrogens (tertiary/aromatic N) is 1. The van der Waals surface area contributed by atoms with Crippen LogP contribution in [0, 0.1) is 5.92 Å². The van der Waals surface area contributed by atoms with E-state index in [-0.39, 0.29) is 0 Å². The summed E-state index contributed by atoms with van der Waals surface area (Å²) in [5.74, 6) is 2.56. The highest BCUT2D eigenvalue weighted by Crippen LogP contribution is 2.28. The number of hydrogen-bond acceptors (Lipinski definition) is 2. The van der Waals surface area contributed by atoms with Crippen molar-refractivity contribution in [2.24, 2.45) is 10.9 Å². The summed E-state index contributed by atoms with van der Waals surface area (Å²) in [6.07, 6.45) is 1.24. The van der Waals surface area contributed by atoms with E-state index in [1.807, 2.05) is 30.3 Å². The largest absolute Gasteiger partial charge is 0.492 e. The zero-order chi connectivity index (χ0) is 13.5. The Kier molecular flexibility index (Phi) is 5.07. The van der Waals surface area contributed by atoms with Gasteiger partial charge in [-0.2, -0.15) is 0 Å². The van der Waals surface area contributed by atoms with Crippen molar-refractivity contribution >= 4 is 5.96 Å². The summed E-state index contributed by atoms with van der Waals surface area (Å²) >= 11 is 0. The number of rotatable bonds is 6. The fraction of sp³-hybridized carbons (Fsp3) is 0.533. The second kappa shape index (κ2) is 7.02.